The van der Waals surface area contributed by atoms with E-state index in [1.54, 1.807) is 6.92 Å². The minimum Gasteiger partial charge on any atom is -0.480 e. The molecule has 1 aliphatic rings. The maximum Gasteiger partial charge on any atom is 0.407 e. The van der Waals surface area contributed by atoms with Crippen molar-refractivity contribution in [1.82, 2.24) is 10.6 Å². The molecule has 3 rings (SSSR count). The lowest BCUT2D eigenvalue weighted by atomic mass is 9.98. The number of alkyl carbamates (subject to hydrolysis) is 1. The van der Waals surface area contributed by atoms with Crippen molar-refractivity contribution in [3.8, 4) is 11.1 Å². The predicted octanol–water partition coefficient (Wildman–Crippen LogP) is 3.14. The van der Waals surface area contributed by atoms with Crippen molar-refractivity contribution in [2.45, 2.75) is 32.2 Å². The number of nitrogens with one attached hydrogen (secondary N) is 2. The van der Waals surface area contributed by atoms with E-state index >= 15 is 0 Å². The lowest BCUT2D eigenvalue weighted by Crippen LogP contribution is -2.48. The van der Waals surface area contributed by atoms with Crippen molar-refractivity contribution in [3.63, 3.8) is 0 Å². The van der Waals surface area contributed by atoms with Gasteiger partial charge in [-0.1, -0.05) is 68.8 Å². The molecule has 0 radical (unpaired) electrons. The van der Waals surface area contributed by atoms with Gasteiger partial charge in [0.05, 0.1) is 0 Å². The second-order valence-corrected chi connectivity index (χ2v) is 7.45. The fraction of sp³-hybridized carbons (Fsp3) is 0.348. The van der Waals surface area contributed by atoms with Gasteiger partial charge in [0.15, 0.2) is 0 Å². The van der Waals surface area contributed by atoms with Crippen LogP contribution in [0.1, 0.15) is 37.3 Å². The number of carbonyl (C=O) groups is 3. The number of fused-ring (bicyclic) bond motifs is 3. The number of amides is 2. The Bertz CT molecular complexity index is 897. The van der Waals surface area contributed by atoms with Crippen molar-refractivity contribution in [2.24, 2.45) is 5.92 Å². The molecule has 0 saturated heterocycles. The Balaban J connectivity index is 1.54. The number of carboxylic acids is 1. The molecule has 7 nitrogen and oxygen atoms in total. The average Bonchev–Trinajstić information content (AvgIpc) is 3.07. The van der Waals surface area contributed by atoms with Crippen molar-refractivity contribution in [1.29, 1.82) is 0 Å². The summed E-state index contributed by atoms with van der Waals surface area (Å²) in [5.41, 5.74) is 4.46. The third kappa shape index (κ3) is 4.62. The smallest absolute Gasteiger partial charge is 0.407 e. The number of hydrogen-bond acceptors (Lipinski definition) is 4. The summed E-state index contributed by atoms with van der Waals surface area (Å²) in [6.07, 6.45) is -0.112. The molecule has 0 aliphatic heterocycles. The van der Waals surface area contributed by atoms with E-state index in [0.717, 1.165) is 22.3 Å². The number of carbonyl (C=O) groups excluding carboxylic acids is 2. The van der Waals surface area contributed by atoms with Crippen LogP contribution in [-0.2, 0) is 14.3 Å². The van der Waals surface area contributed by atoms with Crippen molar-refractivity contribution in [2.75, 3.05) is 13.2 Å². The van der Waals surface area contributed by atoms with E-state index < -0.39 is 24.0 Å². The van der Waals surface area contributed by atoms with Crippen LogP contribution >= 0.6 is 0 Å². The average molecular weight is 410 g/mol. The summed E-state index contributed by atoms with van der Waals surface area (Å²) < 4.78 is 5.36. The van der Waals surface area contributed by atoms with Crippen LogP contribution in [0.25, 0.3) is 11.1 Å². The quantitative estimate of drug-likeness (QED) is 0.620. The van der Waals surface area contributed by atoms with Gasteiger partial charge in [0.25, 0.3) is 0 Å². The number of hydrogen-bond donors (Lipinski definition) is 3. The van der Waals surface area contributed by atoms with Crippen LogP contribution in [0.2, 0.25) is 0 Å². The van der Waals surface area contributed by atoms with Gasteiger partial charge >= 0.3 is 12.1 Å². The Morgan fingerprint density at radius 3 is 2.13 bits per heavy atom. The molecule has 0 saturated carbocycles. The van der Waals surface area contributed by atoms with Crippen LogP contribution in [0, 0.1) is 5.92 Å². The number of benzene rings is 2. The highest BCUT2D eigenvalue weighted by Gasteiger charge is 2.29. The maximum atomic E-state index is 12.1. The highest BCUT2D eigenvalue weighted by molar-refractivity contribution is 5.86. The number of carboxylic acid groups (broad SMARTS) is 1. The van der Waals surface area contributed by atoms with Gasteiger partial charge in [-0.25, -0.2) is 9.59 Å². The summed E-state index contributed by atoms with van der Waals surface area (Å²) >= 11 is 0. The number of rotatable bonds is 8. The Hall–Kier alpha value is -3.35. The van der Waals surface area contributed by atoms with Crippen molar-refractivity contribution in [3.05, 3.63) is 59.7 Å². The van der Waals surface area contributed by atoms with Crippen molar-refractivity contribution < 1.29 is 24.2 Å². The second-order valence-electron chi connectivity index (χ2n) is 7.45. The molecular formula is C23H26N2O5. The van der Waals surface area contributed by atoms with Gasteiger partial charge in [-0.2, -0.15) is 0 Å². The third-order valence-corrected chi connectivity index (χ3v) is 5.53. The van der Waals surface area contributed by atoms with Crippen LogP contribution in [0.5, 0.6) is 0 Å². The molecule has 7 heteroatoms. The number of aliphatic carboxylic acids is 1. The molecule has 2 atom stereocenters. The van der Waals surface area contributed by atoms with Gasteiger partial charge in [0, 0.05) is 5.92 Å². The summed E-state index contributed by atoms with van der Waals surface area (Å²) in [5.74, 6) is -1.96. The third-order valence-electron chi connectivity index (χ3n) is 5.53. The Morgan fingerprint density at radius 1 is 1.03 bits per heavy atom. The van der Waals surface area contributed by atoms with Gasteiger partial charge < -0.3 is 20.5 Å². The molecule has 0 bridgehead atoms. The minimum absolute atomic E-state index is 0.0706. The fourth-order valence-electron chi connectivity index (χ4n) is 3.71. The van der Waals surface area contributed by atoms with E-state index in [-0.39, 0.29) is 25.0 Å². The first-order chi connectivity index (χ1) is 14.4. The summed E-state index contributed by atoms with van der Waals surface area (Å²) in [5, 5.41) is 14.1. The van der Waals surface area contributed by atoms with Gasteiger partial charge in [-0.05, 0) is 28.2 Å². The molecule has 0 heterocycles. The lowest BCUT2D eigenvalue weighted by molar-refractivity contribution is -0.143. The summed E-state index contributed by atoms with van der Waals surface area (Å²) in [6, 6.07) is 15.0. The highest BCUT2D eigenvalue weighted by atomic mass is 16.5. The standard InChI is InChI=1S/C23H26N2O5/c1-3-14(2)21(22(27)28)25-20(26)12-24-23(29)30-13-19-17-10-6-4-8-15(17)16-9-5-7-11-18(16)19/h4-11,14,19,21H,3,12-13H2,1-2H3,(H,24,29)(H,25,26)(H,27,28). The zero-order chi connectivity index (χ0) is 21.7. The van der Waals surface area contributed by atoms with E-state index in [4.69, 9.17) is 4.74 Å². The molecule has 0 spiro atoms. The molecule has 0 fully saturated rings. The molecule has 2 aromatic carbocycles. The SMILES string of the molecule is CCC(C)C(NC(=O)CNC(=O)OCC1c2ccccc2-c2ccccc21)C(=O)O. The van der Waals surface area contributed by atoms with Gasteiger partial charge in [0.2, 0.25) is 5.91 Å². The fourth-order valence-corrected chi connectivity index (χ4v) is 3.71. The lowest BCUT2D eigenvalue weighted by Gasteiger charge is -2.20. The van der Waals surface area contributed by atoms with E-state index in [1.807, 2.05) is 43.3 Å². The van der Waals surface area contributed by atoms with Crippen LogP contribution < -0.4 is 10.6 Å². The van der Waals surface area contributed by atoms with E-state index in [9.17, 15) is 19.5 Å². The molecule has 2 aromatic rings. The van der Waals surface area contributed by atoms with Crippen LogP contribution in [0.15, 0.2) is 48.5 Å². The summed E-state index contributed by atoms with van der Waals surface area (Å²) in [7, 11) is 0. The Kier molecular flexibility index (Phi) is 6.72. The number of ether oxygens (including phenoxy) is 1. The molecule has 1 aliphatic carbocycles. The van der Waals surface area contributed by atoms with E-state index in [2.05, 4.69) is 22.8 Å². The molecule has 30 heavy (non-hydrogen) atoms. The maximum absolute atomic E-state index is 12.1. The second kappa shape index (κ2) is 9.43. The first kappa shape index (κ1) is 21.4. The summed E-state index contributed by atoms with van der Waals surface area (Å²) in [4.78, 5) is 35.4. The monoisotopic (exact) mass is 410 g/mol. The first-order valence-electron chi connectivity index (χ1n) is 10.0. The molecule has 2 amide bonds. The van der Waals surface area contributed by atoms with Gasteiger partial charge in [-0.3, -0.25) is 4.79 Å². The zero-order valence-corrected chi connectivity index (χ0v) is 17.1. The molecular weight excluding hydrogens is 384 g/mol. The molecule has 158 valence electrons. The molecule has 3 N–H and O–H groups in total. The molecule has 0 aromatic heterocycles. The van der Waals surface area contributed by atoms with E-state index in [0.29, 0.717) is 6.42 Å². The normalized spacial score (nSPS) is 14.2. The Labute approximate surface area is 175 Å². The highest BCUT2D eigenvalue weighted by Crippen LogP contribution is 2.44. The zero-order valence-electron chi connectivity index (χ0n) is 17.1. The van der Waals surface area contributed by atoms with Crippen LogP contribution in [-0.4, -0.2) is 42.3 Å². The molecule has 2 unspecified atom stereocenters. The summed E-state index contributed by atoms with van der Waals surface area (Å²) in [6.45, 7) is 3.39. The van der Waals surface area contributed by atoms with Crippen LogP contribution in [0.3, 0.4) is 0 Å². The van der Waals surface area contributed by atoms with Crippen LogP contribution in [0.4, 0.5) is 4.79 Å². The topological polar surface area (TPSA) is 105 Å². The van der Waals surface area contributed by atoms with Gasteiger partial charge in [-0.15, -0.1) is 0 Å². The Morgan fingerprint density at radius 2 is 1.60 bits per heavy atom. The minimum atomic E-state index is -1.10. The first-order valence-corrected chi connectivity index (χ1v) is 10.0. The largest absolute Gasteiger partial charge is 0.480 e. The van der Waals surface area contributed by atoms with Crippen molar-refractivity contribution >= 4 is 18.0 Å². The predicted molar refractivity (Wildman–Crippen MR) is 112 cm³/mol. The van der Waals surface area contributed by atoms with Gasteiger partial charge in [0.1, 0.15) is 19.2 Å². The van der Waals surface area contributed by atoms with E-state index in [1.165, 1.54) is 0 Å².